The summed E-state index contributed by atoms with van der Waals surface area (Å²) in [7, 11) is 0. The molecule has 0 N–H and O–H groups in total. The molecule has 3 heterocycles. The predicted octanol–water partition coefficient (Wildman–Crippen LogP) is 1.02. The van der Waals surface area contributed by atoms with E-state index in [9.17, 15) is 4.79 Å². The Hall–Kier alpha value is -3.29. The summed E-state index contributed by atoms with van der Waals surface area (Å²) in [5.74, 6) is 0.862. The van der Waals surface area contributed by atoms with Crippen molar-refractivity contribution in [2.45, 2.75) is 0 Å². The number of hydrogen-bond donors (Lipinski definition) is 0. The van der Waals surface area contributed by atoms with Gasteiger partial charge in [-0.15, -0.1) is 15.0 Å². The number of carbonyl (C=O) groups is 1. The van der Waals surface area contributed by atoms with Crippen LogP contribution in [0, 0.1) is 0 Å². The van der Waals surface area contributed by atoms with Crippen LogP contribution in [-0.4, -0.2) is 62.2 Å². The monoisotopic (exact) mass is 335 g/mol. The first-order chi connectivity index (χ1) is 12.3. The third-order valence-corrected chi connectivity index (χ3v) is 4.13. The van der Waals surface area contributed by atoms with Gasteiger partial charge in [0.2, 0.25) is 0 Å². The van der Waals surface area contributed by atoms with Gasteiger partial charge < -0.3 is 9.80 Å². The highest BCUT2D eigenvalue weighted by atomic mass is 16.2. The fourth-order valence-electron chi connectivity index (χ4n) is 2.79. The number of hydrogen-bond acceptors (Lipinski definition) is 6. The first-order valence-electron chi connectivity index (χ1n) is 8.12. The molecule has 8 nitrogen and oxygen atoms in total. The predicted molar refractivity (Wildman–Crippen MR) is 91.5 cm³/mol. The van der Waals surface area contributed by atoms with E-state index < -0.39 is 0 Å². The molecule has 0 unspecified atom stereocenters. The average molecular weight is 335 g/mol. The minimum Gasteiger partial charge on any atom is -0.353 e. The Morgan fingerprint density at radius 3 is 2.40 bits per heavy atom. The lowest BCUT2D eigenvalue weighted by Gasteiger charge is -2.34. The molecule has 8 heteroatoms. The van der Waals surface area contributed by atoms with Gasteiger partial charge in [0.05, 0.1) is 5.69 Å². The first-order valence-corrected chi connectivity index (χ1v) is 8.12. The maximum Gasteiger partial charge on any atom is 0.295 e. The smallest absolute Gasteiger partial charge is 0.295 e. The van der Waals surface area contributed by atoms with Gasteiger partial charge in [-0.2, -0.15) is 0 Å². The second-order valence-electron chi connectivity index (χ2n) is 5.71. The van der Waals surface area contributed by atoms with Crippen molar-refractivity contribution in [2.24, 2.45) is 0 Å². The highest BCUT2D eigenvalue weighted by molar-refractivity contribution is 5.90. The number of rotatable bonds is 3. The van der Waals surface area contributed by atoms with Gasteiger partial charge in [-0.3, -0.25) is 4.79 Å². The molecule has 0 atom stereocenters. The fourth-order valence-corrected chi connectivity index (χ4v) is 2.79. The van der Waals surface area contributed by atoms with Crippen LogP contribution in [0.15, 0.2) is 54.7 Å². The van der Waals surface area contributed by atoms with Crippen LogP contribution in [-0.2, 0) is 0 Å². The second-order valence-corrected chi connectivity index (χ2v) is 5.71. The Morgan fingerprint density at radius 2 is 1.68 bits per heavy atom. The van der Waals surface area contributed by atoms with Gasteiger partial charge in [-0.25, -0.2) is 4.98 Å². The lowest BCUT2D eigenvalue weighted by atomic mass is 10.3. The van der Waals surface area contributed by atoms with Crippen molar-refractivity contribution in [1.82, 2.24) is 30.1 Å². The van der Waals surface area contributed by atoms with Crippen LogP contribution in [0.4, 0.5) is 5.82 Å². The van der Waals surface area contributed by atoms with Crippen LogP contribution in [0.3, 0.4) is 0 Å². The molecule has 0 saturated carbocycles. The lowest BCUT2D eigenvalue weighted by molar-refractivity contribution is 0.0734. The van der Waals surface area contributed by atoms with Crippen LogP contribution >= 0.6 is 0 Å². The molecule has 25 heavy (non-hydrogen) atoms. The third-order valence-electron chi connectivity index (χ3n) is 4.13. The number of benzene rings is 1. The Bertz CT molecular complexity index is 842. The number of piperazine rings is 1. The van der Waals surface area contributed by atoms with E-state index in [1.165, 1.54) is 4.80 Å². The zero-order valence-electron chi connectivity index (χ0n) is 13.6. The number of amides is 1. The van der Waals surface area contributed by atoms with E-state index in [1.54, 1.807) is 11.1 Å². The summed E-state index contributed by atoms with van der Waals surface area (Å²) in [4.78, 5) is 22.2. The van der Waals surface area contributed by atoms with E-state index in [0.717, 1.165) is 24.6 Å². The molecule has 1 amide bonds. The molecular weight excluding hydrogens is 318 g/mol. The number of nitrogens with zero attached hydrogens (tertiary/aromatic N) is 7. The van der Waals surface area contributed by atoms with E-state index in [2.05, 4.69) is 25.3 Å². The molecule has 0 spiro atoms. The quantitative estimate of drug-likeness (QED) is 0.711. The number of pyridine rings is 1. The largest absolute Gasteiger partial charge is 0.353 e. The second kappa shape index (κ2) is 6.68. The minimum atomic E-state index is -0.192. The molecular formula is C17H17N7O. The summed E-state index contributed by atoms with van der Waals surface area (Å²) in [5, 5.41) is 12.1. The van der Waals surface area contributed by atoms with E-state index in [1.807, 2.05) is 48.5 Å². The van der Waals surface area contributed by atoms with Crippen molar-refractivity contribution in [2.75, 3.05) is 31.1 Å². The van der Waals surface area contributed by atoms with Gasteiger partial charge in [-0.1, -0.05) is 24.3 Å². The molecule has 0 radical (unpaired) electrons. The van der Waals surface area contributed by atoms with Gasteiger partial charge in [0, 0.05) is 32.4 Å². The summed E-state index contributed by atoms with van der Waals surface area (Å²) < 4.78 is 0. The highest BCUT2D eigenvalue weighted by Crippen LogP contribution is 2.13. The van der Waals surface area contributed by atoms with E-state index >= 15 is 0 Å². The molecule has 3 aromatic rings. The van der Waals surface area contributed by atoms with Crippen molar-refractivity contribution < 1.29 is 4.79 Å². The number of tetrazole rings is 1. The summed E-state index contributed by atoms with van der Waals surface area (Å²) >= 11 is 0. The van der Waals surface area contributed by atoms with E-state index in [4.69, 9.17) is 0 Å². The molecule has 1 aliphatic rings. The molecule has 126 valence electrons. The summed E-state index contributed by atoms with van der Waals surface area (Å²) in [5.41, 5.74) is 0.772. The van der Waals surface area contributed by atoms with Crippen molar-refractivity contribution in [3.05, 3.63) is 60.6 Å². The summed E-state index contributed by atoms with van der Waals surface area (Å²) in [6, 6.07) is 15.2. The molecule has 1 fully saturated rings. The van der Waals surface area contributed by atoms with E-state index in [-0.39, 0.29) is 11.7 Å². The molecule has 2 aromatic heterocycles. The SMILES string of the molecule is O=C(c1nnn(-c2ccccc2)n1)N1CCN(c2ccccn2)CC1. The third kappa shape index (κ3) is 3.18. The van der Waals surface area contributed by atoms with Gasteiger partial charge in [-0.05, 0) is 29.5 Å². The first kappa shape index (κ1) is 15.3. The zero-order valence-corrected chi connectivity index (χ0v) is 13.6. The molecule has 0 bridgehead atoms. The Morgan fingerprint density at radius 1 is 0.920 bits per heavy atom. The molecule has 0 aliphatic carbocycles. The Kier molecular flexibility index (Phi) is 4.07. The lowest BCUT2D eigenvalue weighted by Crippen LogP contribution is -2.49. The fraction of sp³-hybridized carbons (Fsp3) is 0.235. The topological polar surface area (TPSA) is 80.0 Å². The van der Waals surface area contributed by atoms with Crippen molar-refractivity contribution in [1.29, 1.82) is 0 Å². The van der Waals surface area contributed by atoms with Gasteiger partial charge >= 0.3 is 0 Å². The number of anilines is 1. The highest BCUT2D eigenvalue weighted by Gasteiger charge is 2.25. The average Bonchev–Trinajstić information content (AvgIpc) is 3.19. The number of para-hydroxylation sites is 1. The normalized spacial score (nSPS) is 14.6. The maximum atomic E-state index is 12.6. The van der Waals surface area contributed by atoms with Crippen LogP contribution in [0.1, 0.15) is 10.6 Å². The van der Waals surface area contributed by atoms with Crippen LogP contribution in [0.2, 0.25) is 0 Å². The van der Waals surface area contributed by atoms with Gasteiger partial charge in [0.25, 0.3) is 11.7 Å². The number of aromatic nitrogens is 5. The van der Waals surface area contributed by atoms with Gasteiger partial charge in [0.15, 0.2) is 0 Å². The van der Waals surface area contributed by atoms with Crippen LogP contribution in [0.25, 0.3) is 5.69 Å². The van der Waals surface area contributed by atoms with Crippen molar-refractivity contribution >= 4 is 11.7 Å². The van der Waals surface area contributed by atoms with Crippen molar-refractivity contribution in [3.63, 3.8) is 0 Å². The summed E-state index contributed by atoms with van der Waals surface area (Å²) in [6.45, 7) is 2.68. The summed E-state index contributed by atoms with van der Waals surface area (Å²) in [6.07, 6.45) is 1.78. The maximum absolute atomic E-state index is 12.6. The standard InChI is InChI=1S/C17H17N7O/c25-17(16-19-21-24(20-16)14-6-2-1-3-7-14)23-12-10-22(11-13-23)15-8-4-5-9-18-15/h1-9H,10-13H2. The minimum absolute atomic E-state index is 0.120. The Labute approximate surface area is 144 Å². The molecule has 1 aliphatic heterocycles. The molecule has 1 saturated heterocycles. The number of carbonyl (C=O) groups excluding carboxylic acids is 1. The van der Waals surface area contributed by atoms with Gasteiger partial charge in [0.1, 0.15) is 5.82 Å². The molecule has 1 aromatic carbocycles. The Balaban J connectivity index is 1.42. The van der Waals surface area contributed by atoms with Crippen LogP contribution in [0.5, 0.6) is 0 Å². The molecule has 4 rings (SSSR count). The van der Waals surface area contributed by atoms with Crippen LogP contribution < -0.4 is 4.90 Å². The zero-order chi connectivity index (χ0) is 17.1. The van der Waals surface area contributed by atoms with Crippen molar-refractivity contribution in [3.8, 4) is 5.69 Å². The van der Waals surface area contributed by atoms with E-state index in [0.29, 0.717) is 13.1 Å².